The first-order chi connectivity index (χ1) is 15.1. The van der Waals surface area contributed by atoms with Gasteiger partial charge in [0, 0.05) is 12.1 Å². The molecule has 0 heterocycles. The van der Waals surface area contributed by atoms with Crippen molar-refractivity contribution in [3.63, 3.8) is 0 Å². The number of benzene rings is 3. The van der Waals surface area contributed by atoms with Crippen molar-refractivity contribution >= 4 is 12.0 Å². The van der Waals surface area contributed by atoms with Crippen molar-refractivity contribution in [1.29, 1.82) is 0 Å². The van der Waals surface area contributed by atoms with Crippen LogP contribution in [0.15, 0.2) is 84.9 Å². The molecule has 6 nitrogen and oxygen atoms in total. The predicted molar refractivity (Wildman–Crippen MR) is 119 cm³/mol. The van der Waals surface area contributed by atoms with Crippen molar-refractivity contribution in [2.24, 2.45) is 0 Å². The molecule has 0 saturated carbocycles. The third-order valence-electron chi connectivity index (χ3n) is 4.52. The van der Waals surface area contributed by atoms with Crippen LogP contribution in [0.1, 0.15) is 21.5 Å². The molecule has 0 spiro atoms. The number of carbonyl (C=O) groups is 2. The molecule has 2 N–H and O–H groups in total. The van der Waals surface area contributed by atoms with Crippen LogP contribution in [0.25, 0.3) is 0 Å². The lowest BCUT2D eigenvalue weighted by Gasteiger charge is -2.20. The van der Waals surface area contributed by atoms with Gasteiger partial charge in [-0.25, -0.2) is 4.79 Å². The fourth-order valence-electron chi connectivity index (χ4n) is 2.89. The maximum absolute atomic E-state index is 12.4. The minimum Gasteiger partial charge on any atom is -0.491 e. The fourth-order valence-corrected chi connectivity index (χ4v) is 2.89. The highest BCUT2D eigenvalue weighted by Crippen LogP contribution is 2.12. The SMILES string of the molecule is Cc1cccc(OCC(CNC(=O)c2ccccc2)NC(=O)OCc2ccccc2)c1. The number of nitrogens with one attached hydrogen (secondary N) is 2. The summed E-state index contributed by atoms with van der Waals surface area (Å²) in [5, 5.41) is 5.61. The summed E-state index contributed by atoms with van der Waals surface area (Å²) < 4.78 is 11.1. The van der Waals surface area contributed by atoms with Crippen molar-refractivity contribution in [2.45, 2.75) is 19.6 Å². The quantitative estimate of drug-likeness (QED) is 0.549. The second kappa shape index (κ2) is 11.4. The second-order valence-corrected chi connectivity index (χ2v) is 7.11. The zero-order valence-corrected chi connectivity index (χ0v) is 17.4. The third kappa shape index (κ3) is 7.51. The Morgan fingerprint density at radius 3 is 2.32 bits per heavy atom. The Balaban J connectivity index is 1.57. The van der Waals surface area contributed by atoms with E-state index in [1.165, 1.54) is 0 Å². The van der Waals surface area contributed by atoms with Crippen LogP contribution < -0.4 is 15.4 Å². The minimum atomic E-state index is -0.573. The zero-order chi connectivity index (χ0) is 21.9. The fraction of sp³-hybridized carbons (Fsp3) is 0.200. The number of amides is 2. The molecule has 0 radical (unpaired) electrons. The molecule has 160 valence electrons. The number of alkyl carbamates (subject to hydrolysis) is 1. The molecular weight excluding hydrogens is 392 g/mol. The van der Waals surface area contributed by atoms with E-state index >= 15 is 0 Å². The van der Waals surface area contributed by atoms with Gasteiger partial charge in [0.05, 0.1) is 6.04 Å². The van der Waals surface area contributed by atoms with Crippen molar-refractivity contribution in [1.82, 2.24) is 10.6 Å². The smallest absolute Gasteiger partial charge is 0.407 e. The highest BCUT2D eigenvalue weighted by atomic mass is 16.5. The topological polar surface area (TPSA) is 76.7 Å². The van der Waals surface area contributed by atoms with Crippen LogP contribution in [0.2, 0.25) is 0 Å². The number of aryl methyl sites for hydroxylation is 1. The molecule has 6 heteroatoms. The van der Waals surface area contributed by atoms with Gasteiger partial charge in [0.25, 0.3) is 5.91 Å². The maximum Gasteiger partial charge on any atom is 0.407 e. The van der Waals surface area contributed by atoms with Crippen LogP contribution in [0, 0.1) is 6.92 Å². The summed E-state index contributed by atoms with van der Waals surface area (Å²) in [6, 6.07) is 25.5. The molecule has 1 atom stereocenters. The maximum atomic E-state index is 12.4. The molecule has 0 aliphatic rings. The van der Waals surface area contributed by atoms with Crippen molar-refractivity contribution < 1.29 is 19.1 Å². The Kier molecular flexibility index (Phi) is 8.05. The van der Waals surface area contributed by atoms with Crippen LogP contribution in [-0.4, -0.2) is 31.2 Å². The molecule has 0 aromatic heterocycles. The Bertz CT molecular complexity index is 977. The van der Waals surface area contributed by atoms with Gasteiger partial charge in [0.2, 0.25) is 0 Å². The number of rotatable bonds is 9. The molecule has 0 saturated heterocycles. The number of ether oxygens (including phenoxy) is 2. The summed E-state index contributed by atoms with van der Waals surface area (Å²) in [6.07, 6.45) is -0.573. The summed E-state index contributed by atoms with van der Waals surface area (Å²) in [4.78, 5) is 24.7. The first-order valence-electron chi connectivity index (χ1n) is 10.1. The molecule has 3 aromatic carbocycles. The van der Waals surface area contributed by atoms with Gasteiger partial charge in [-0.1, -0.05) is 60.7 Å². The normalized spacial score (nSPS) is 11.3. The monoisotopic (exact) mass is 418 g/mol. The molecular formula is C25H26N2O4. The lowest BCUT2D eigenvalue weighted by Crippen LogP contribution is -2.47. The van der Waals surface area contributed by atoms with Gasteiger partial charge in [-0.15, -0.1) is 0 Å². The van der Waals surface area contributed by atoms with Gasteiger partial charge in [0.1, 0.15) is 19.0 Å². The number of hydrogen-bond acceptors (Lipinski definition) is 4. The van der Waals surface area contributed by atoms with E-state index in [0.29, 0.717) is 11.3 Å². The Hall–Kier alpha value is -3.80. The highest BCUT2D eigenvalue weighted by molar-refractivity contribution is 5.94. The van der Waals surface area contributed by atoms with Gasteiger partial charge in [-0.3, -0.25) is 4.79 Å². The first-order valence-corrected chi connectivity index (χ1v) is 10.1. The highest BCUT2D eigenvalue weighted by Gasteiger charge is 2.16. The van der Waals surface area contributed by atoms with Crippen LogP contribution >= 0.6 is 0 Å². The van der Waals surface area contributed by atoms with E-state index in [1.807, 2.05) is 67.6 Å². The molecule has 2 amide bonds. The Morgan fingerprint density at radius 2 is 1.61 bits per heavy atom. The standard InChI is InChI=1S/C25H26N2O4/c1-19-9-8-14-23(15-19)30-18-22(16-26-24(28)21-12-6-3-7-13-21)27-25(29)31-17-20-10-4-2-5-11-20/h2-15,22H,16-18H2,1H3,(H,26,28)(H,27,29). The number of hydrogen-bond donors (Lipinski definition) is 2. The van der Waals surface area contributed by atoms with E-state index in [1.54, 1.807) is 24.3 Å². The molecule has 1 unspecified atom stereocenters. The van der Waals surface area contributed by atoms with Gasteiger partial charge >= 0.3 is 6.09 Å². The van der Waals surface area contributed by atoms with Gasteiger partial charge in [0.15, 0.2) is 0 Å². The van der Waals surface area contributed by atoms with E-state index in [2.05, 4.69) is 10.6 Å². The molecule has 3 rings (SSSR count). The average molecular weight is 418 g/mol. The molecule has 0 fully saturated rings. The lowest BCUT2D eigenvalue weighted by atomic mass is 10.2. The minimum absolute atomic E-state index is 0.161. The van der Waals surface area contributed by atoms with Crippen LogP contribution in [0.5, 0.6) is 5.75 Å². The molecule has 3 aromatic rings. The first kappa shape index (κ1) is 21.9. The van der Waals surface area contributed by atoms with Crippen LogP contribution in [0.4, 0.5) is 4.79 Å². The van der Waals surface area contributed by atoms with Gasteiger partial charge < -0.3 is 20.1 Å². The van der Waals surface area contributed by atoms with E-state index in [-0.39, 0.29) is 25.7 Å². The molecule has 31 heavy (non-hydrogen) atoms. The van der Waals surface area contributed by atoms with E-state index in [4.69, 9.17) is 9.47 Å². The molecule has 0 aliphatic carbocycles. The lowest BCUT2D eigenvalue weighted by molar-refractivity contribution is 0.0939. The van der Waals surface area contributed by atoms with Gasteiger partial charge in [-0.2, -0.15) is 0 Å². The zero-order valence-electron chi connectivity index (χ0n) is 17.4. The summed E-state index contributed by atoms with van der Waals surface area (Å²) in [7, 11) is 0. The van der Waals surface area contributed by atoms with E-state index in [9.17, 15) is 9.59 Å². The molecule has 0 bridgehead atoms. The summed E-state index contributed by atoms with van der Waals surface area (Å²) in [5.41, 5.74) is 2.51. The predicted octanol–water partition coefficient (Wildman–Crippen LogP) is 4.10. The largest absolute Gasteiger partial charge is 0.491 e. The van der Waals surface area contributed by atoms with E-state index in [0.717, 1.165) is 11.1 Å². The van der Waals surface area contributed by atoms with Crippen molar-refractivity contribution in [2.75, 3.05) is 13.2 Å². The summed E-state index contributed by atoms with van der Waals surface area (Å²) in [5.74, 6) is 0.472. The second-order valence-electron chi connectivity index (χ2n) is 7.11. The number of carbonyl (C=O) groups excluding carboxylic acids is 2. The Labute approximate surface area is 182 Å². The average Bonchev–Trinajstić information content (AvgIpc) is 2.80. The van der Waals surface area contributed by atoms with Gasteiger partial charge in [-0.05, 0) is 42.3 Å². The van der Waals surface area contributed by atoms with Crippen molar-refractivity contribution in [3.05, 3.63) is 102 Å². The molecule has 0 aliphatic heterocycles. The van der Waals surface area contributed by atoms with Crippen LogP contribution in [0.3, 0.4) is 0 Å². The summed E-state index contributed by atoms with van der Waals surface area (Å²) in [6.45, 7) is 2.51. The Morgan fingerprint density at radius 1 is 0.903 bits per heavy atom. The van der Waals surface area contributed by atoms with Crippen LogP contribution in [-0.2, 0) is 11.3 Å². The third-order valence-corrected chi connectivity index (χ3v) is 4.52. The summed E-state index contributed by atoms with van der Waals surface area (Å²) >= 11 is 0. The van der Waals surface area contributed by atoms with Crippen molar-refractivity contribution in [3.8, 4) is 5.75 Å². The van der Waals surface area contributed by atoms with E-state index < -0.39 is 12.1 Å².